The Kier molecular flexibility index (Phi) is 5.93. The molecule has 0 aliphatic rings. The third-order valence-corrected chi connectivity index (χ3v) is 4.09. The molecule has 1 aromatic rings. The second kappa shape index (κ2) is 6.97. The summed E-state index contributed by atoms with van der Waals surface area (Å²) in [5.74, 6) is 1.17. The van der Waals surface area contributed by atoms with Crippen molar-refractivity contribution in [1.29, 1.82) is 0 Å². The van der Waals surface area contributed by atoms with Crippen LogP contribution < -0.4 is 5.32 Å². The van der Waals surface area contributed by atoms with Gasteiger partial charge < -0.3 is 5.32 Å². The van der Waals surface area contributed by atoms with E-state index in [1.165, 1.54) is 16.9 Å². The van der Waals surface area contributed by atoms with Crippen LogP contribution in [0.5, 0.6) is 0 Å². The van der Waals surface area contributed by atoms with E-state index in [1.807, 2.05) is 18.8 Å². The number of thioether (sulfide) groups is 1. The zero-order chi connectivity index (χ0) is 12.0. The number of aryl methyl sites for hydroxylation is 1. The lowest BCUT2D eigenvalue weighted by Crippen LogP contribution is -2.25. The van der Waals surface area contributed by atoms with Crippen molar-refractivity contribution in [2.75, 3.05) is 12.8 Å². The summed E-state index contributed by atoms with van der Waals surface area (Å²) < 4.78 is 0. The fraction of sp³-hybridized carbons (Fsp3) is 0.571. The molecule has 2 heteroatoms. The number of hydrogen-bond donors (Lipinski definition) is 1. The highest BCUT2D eigenvalue weighted by Crippen LogP contribution is 2.26. The van der Waals surface area contributed by atoms with Crippen LogP contribution in [0.4, 0.5) is 0 Å². The molecule has 0 spiro atoms. The Labute approximate surface area is 104 Å². The standard InChI is InChI=1S/C14H23NS/c1-5-12-7-9-13(10-8-12)14(15-4)11(3)16-6-2/h7-11,14-15H,5-6H2,1-4H3. The number of benzene rings is 1. The molecule has 2 atom stereocenters. The van der Waals surface area contributed by atoms with E-state index in [0.717, 1.165) is 6.42 Å². The molecule has 1 rings (SSSR count). The van der Waals surface area contributed by atoms with Gasteiger partial charge in [0, 0.05) is 11.3 Å². The minimum Gasteiger partial charge on any atom is -0.312 e. The van der Waals surface area contributed by atoms with Crippen molar-refractivity contribution in [1.82, 2.24) is 5.32 Å². The van der Waals surface area contributed by atoms with Gasteiger partial charge in [-0.15, -0.1) is 0 Å². The molecule has 0 amide bonds. The summed E-state index contributed by atoms with van der Waals surface area (Å²) in [5.41, 5.74) is 2.81. The van der Waals surface area contributed by atoms with E-state index in [1.54, 1.807) is 0 Å². The van der Waals surface area contributed by atoms with Gasteiger partial charge in [-0.25, -0.2) is 0 Å². The highest BCUT2D eigenvalue weighted by molar-refractivity contribution is 7.99. The molecular formula is C14H23NS. The van der Waals surface area contributed by atoms with Crippen LogP contribution in [0.1, 0.15) is 37.9 Å². The zero-order valence-electron chi connectivity index (χ0n) is 10.8. The molecule has 0 aliphatic heterocycles. The lowest BCUT2D eigenvalue weighted by atomic mass is 10.0. The van der Waals surface area contributed by atoms with Gasteiger partial charge in [0.2, 0.25) is 0 Å². The summed E-state index contributed by atoms with van der Waals surface area (Å²) >= 11 is 2.01. The summed E-state index contributed by atoms with van der Waals surface area (Å²) in [6, 6.07) is 9.45. The summed E-state index contributed by atoms with van der Waals surface area (Å²) in [6.45, 7) is 6.71. The summed E-state index contributed by atoms with van der Waals surface area (Å²) in [6.07, 6.45) is 1.11. The van der Waals surface area contributed by atoms with Crippen molar-refractivity contribution in [2.24, 2.45) is 0 Å². The molecule has 0 aliphatic carbocycles. The van der Waals surface area contributed by atoms with E-state index < -0.39 is 0 Å². The van der Waals surface area contributed by atoms with Gasteiger partial charge in [-0.2, -0.15) is 11.8 Å². The fourth-order valence-corrected chi connectivity index (χ4v) is 3.00. The third-order valence-electron chi connectivity index (χ3n) is 2.96. The first-order valence-corrected chi connectivity index (χ1v) is 7.15. The Bertz CT molecular complexity index is 294. The predicted octanol–water partition coefficient (Wildman–Crippen LogP) is 3.65. The van der Waals surface area contributed by atoms with Crippen molar-refractivity contribution in [3.63, 3.8) is 0 Å². The fourth-order valence-electron chi connectivity index (χ4n) is 1.99. The Morgan fingerprint density at radius 1 is 1.19 bits per heavy atom. The predicted molar refractivity (Wildman–Crippen MR) is 75.2 cm³/mol. The van der Waals surface area contributed by atoms with Crippen LogP contribution in [0.3, 0.4) is 0 Å². The first-order valence-electron chi connectivity index (χ1n) is 6.10. The van der Waals surface area contributed by atoms with Crippen LogP contribution >= 0.6 is 11.8 Å². The zero-order valence-corrected chi connectivity index (χ0v) is 11.6. The largest absolute Gasteiger partial charge is 0.312 e. The molecule has 0 heterocycles. The van der Waals surface area contributed by atoms with Gasteiger partial charge in [-0.05, 0) is 30.3 Å². The SMILES string of the molecule is CCSC(C)C(NC)c1ccc(CC)cc1. The molecule has 16 heavy (non-hydrogen) atoms. The average molecular weight is 237 g/mol. The first kappa shape index (κ1) is 13.6. The number of rotatable bonds is 6. The van der Waals surface area contributed by atoms with Crippen molar-refractivity contribution < 1.29 is 0 Å². The van der Waals surface area contributed by atoms with E-state index in [2.05, 4.69) is 50.4 Å². The van der Waals surface area contributed by atoms with Gasteiger partial charge in [0.15, 0.2) is 0 Å². The van der Waals surface area contributed by atoms with Crippen LogP contribution in [0.25, 0.3) is 0 Å². The molecule has 0 saturated carbocycles. The van der Waals surface area contributed by atoms with Gasteiger partial charge >= 0.3 is 0 Å². The van der Waals surface area contributed by atoms with E-state index in [-0.39, 0.29) is 0 Å². The van der Waals surface area contributed by atoms with Gasteiger partial charge in [-0.3, -0.25) is 0 Å². The number of nitrogens with one attached hydrogen (secondary N) is 1. The molecule has 0 bridgehead atoms. The Morgan fingerprint density at radius 2 is 1.81 bits per heavy atom. The van der Waals surface area contributed by atoms with E-state index in [4.69, 9.17) is 0 Å². The molecule has 1 N–H and O–H groups in total. The topological polar surface area (TPSA) is 12.0 Å². The maximum atomic E-state index is 3.42. The molecule has 90 valence electrons. The van der Waals surface area contributed by atoms with Gasteiger partial charge in [-0.1, -0.05) is 45.0 Å². The minimum absolute atomic E-state index is 0.454. The average Bonchev–Trinajstić information content (AvgIpc) is 2.31. The maximum Gasteiger partial charge on any atom is 0.0435 e. The van der Waals surface area contributed by atoms with Crippen molar-refractivity contribution in [3.8, 4) is 0 Å². The minimum atomic E-state index is 0.454. The highest BCUT2D eigenvalue weighted by atomic mass is 32.2. The van der Waals surface area contributed by atoms with Crippen LogP contribution in [0.2, 0.25) is 0 Å². The van der Waals surface area contributed by atoms with E-state index >= 15 is 0 Å². The summed E-state index contributed by atoms with van der Waals surface area (Å²) in [7, 11) is 2.05. The molecule has 0 saturated heterocycles. The van der Waals surface area contributed by atoms with Crippen LogP contribution in [-0.4, -0.2) is 18.1 Å². The highest BCUT2D eigenvalue weighted by Gasteiger charge is 2.16. The Morgan fingerprint density at radius 3 is 2.25 bits per heavy atom. The second-order valence-corrected chi connectivity index (χ2v) is 5.68. The molecule has 1 aromatic carbocycles. The van der Waals surface area contributed by atoms with Crippen LogP contribution in [-0.2, 0) is 6.42 Å². The molecule has 2 unspecified atom stereocenters. The molecule has 0 aromatic heterocycles. The smallest absolute Gasteiger partial charge is 0.0435 e. The van der Waals surface area contributed by atoms with Crippen molar-refractivity contribution in [2.45, 2.75) is 38.5 Å². The van der Waals surface area contributed by atoms with Gasteiger partial charge in [0.05, 0.1) is 0 Å². The van der Waals surface area contributed by atoms with E-state index in [0.29, 0.717) is 11.3 Å². The molecule has 1 nitrogen and oxygen atoms in total. The van der Waals surface area contributed by atoms with Crippen LogP contribution in [0, 0.1) is 0 Å². The quantitative estimate of drug-likeness (QED) is 0.810. The van der Waals surface area contributed by atoms with Crippen LogP contribution in [0.15, 0.2) is 24.3 Å². The second-order valence-electron chi connectivity index (χ2n) is 4.02. The Balaban J connectivity index is 2.78. The Hall–Kier alpha value is -0.470. The molecule has 0 fully saturated rings. The summed E-state index contributed by atoms with van der Waals surface area (Å²) in [5, 5.41) is 4.03. The van der Waals surface area contributed by atoms with Gasteiger partial charge in [0.25, 0.3) is 0 Å². The van der Waals surface area contributed by atoms with E-state index in [9.17, 15) is 0 Å². The number of hydrogen-bond acceptors (Lipinski definition) is 2. The summed E-state index contributed by atoms with van der Waals surface area (Å²) in [4.78, 5) is 0. The van der Waals surface area contributed by atoms with Crippen molar-refractivity contribution >= 4 is 11.8 Å². The lowest BCUT2D eigenvalue weighted by Gasteiger charge is -2.23. The normalized spacial score (nSPS) is 14.8. The maximum absolute atomic E-state index is 3.42. The third kappa shape index (κ3) is 3.53. The molecule has 0 radical (unpaired) electrons. The van der Waals surface area contributed by atoms with Crippen molar-refractivity contribution in [3.05, 3.63) is 35.4 Å². The monoisotopic (exact) mass is 237 g/mol. The first-order chi connectivity index (χ1) is 7.72. The van der Waals surface area contributed by atoms with Gasteiger partial charge in [0.1, 0.15) is 0 Å². The lowest BCUT2D eigenvalue weighted by molar-refractivity contribution is 0.589. The molecular weight excluding hydrogens is 214 g/mol.